The largest absolute Gasteiger partial charge is 0.355 e. The summed E-state index contributed by atoms with van der Waals surface area (Å²) in [6.45, 7) is 5.02. The molecule has 2 rings (SSSR count). The van der Waals surface area contributed by atoms with Crippen molar-refractivity contribution in [1.29, 1.82) is 5.26 Å². The third-order valence-corrected chi connectivity index (χ3v) is 3.48. The minimum absolute atomic E-state index is 0.0623. The van der Waals surface area contributed by atoms with E-state index in [2.05, 4.69) is 30.1 Å². The zero-order valence-electron chi connectivity index (χ0n) is 11.2. The predicted molar refractivity (Wildman–Crippen MR) is 74.9 cm³/mol. The second-order valence-electron chi connectivity index (χ2n) is 5.33. The molecule has 1 aliphatic heterocycles. The molecule has 1 heterocycles. The number of nitrogens with zero attached hydrogens (tertiary/aromatic N) is 2. The van der Waals surface area contributed by atoms with E-state index in [0.717, 1.165) is 12.1 Å². The van der Waals surface area contributed by atoms with Gasteiger partial charge in [0.2, 0.25) is 5.91 Å². The Morgan fingerprint density at radius 3 is 2.89 bits per heavy atom. The van der Waals surface area contributed by atoms with Gasteiger partial charge in [-0.05, 0) is 45.0 Å². The van der Waals surface area contributed by atoms with Crippen LogP contribution in [0.1, 0.15) is 25.8 Å². The number of hydrogen-bond acceptors (Lipinski definition) is 4. The van der Waals surface area contributed by atoms with Gasteiger partial charge in [-0.2, -0.15) is 5.26 Å². The second-order valence-corrected chi connectivity index (χ2v) is 5.33. The number of nitrogens with one attached hydrogen (secondary N) is 1. The fourth-order valence-corrected chi connectivity index (χ4v) is 2.39. The molecule has 0 aromatic heterocycles. The summed E-state index contributed by atoms with van der Waals surface area (Å²) in [6, 6.07) is 7.43. The van der Waals surface area contributed by atoms with E-state index < -0.39 is 0 Å². The van der Waals surface area contributed by atoms with Gasteiger partial charge in [0, 0.05) is 5.54 Å². The average molecular weight is 258 g/mol. The van der Waals surface area contributed by atoms with Gasteiger partial charge < -0.3 is 16.0 Å². The molecular formula is C14H18N4O. The van der Waals surface area contributed by atoms with Crippen molar-refractivity contribution >= 4 is 17.3 Å². The Morgan fingerprint density at radius 1 is 1.53 bits per heavy atom. The van der Waals surface area contributed by atoms with Crippen molar-refractivity contribution in [3.05, 3.63) is 23.8 Å². The highest BCUT2D eigenvalue weighted by atomic mass is 16.2. The number of fused-ring (bicyclic) bond motifs is 1. The number of amides is 1. The summed E-state index contributed by atoms with van der Waals surface area (Å²) in [6.07, 6.45) is 0.791. The van der Waals surface area contributed by atoms with Crippen LogP contribution in [0.3, 0.4) is 0 Å². The van der Waals surface area contributed by atoms with E-state index in [4.69, 9.17) is 11.0 Å². The molecule has 0 aliphatic carbocycles. The van der Waals surface area contributed by atoms with Crippen molar-refractivity contribution in [2.24, 2.45) is 5.73 Å². The smallest absolute Gasteiger partial charge is 0.243 e. The molecule has 0 atom stereocenters. The molecule has 1 aromatic carbocycles. The topological polar surface area (TPSA) is 82.2 Å². The number of nitrogens with two attached hydrogens (primary N) is 1. The van der Waals surface area contributed by atoms with Gasteiger partial charge in [-0.25, -0.2) is 0 Å². The van der Waals surface area contributed by atoms with Gasteiger partial charge in [0.25, 0.3) is 0 Å². The molecule has 0 saturated heterocycles. The molecule has 0 bridgehead atoms. The van der Waals surface area contributed by atoms with E-state index in [1.54, 1.807) is 12.1 Å². The highest BCUT2D eigenvalue weighted by Gasteiger charge is 2.32. The summed E-state index contributed by atoms with van der Waals surface area (Å²) >= 11 is 0. The summed E-state index contributed by atoms with van der Waals surface area (Å²) in [5.74, 6) is -0.0623. The lowest BCUT2D eigenvalue weighted by atomic mass is 9.95. The first-order valence-corrected chi connectivity index (χ1v) is 6.29. The van der Waals surface area contributed by atoms with E-state index in [1.807, 2.05) is 6.07 Å². The van der Waals surface area contributed by atoms with Gasteiger partial charge >= 0.3 is 0 Å². The Balaban J connectivity index is 2.45. The average Bonchev–Trinajstić information content (AvgIpc) is 2.36. The van der Waals surface area contributed by atoms with E-state index in [9.17, 15) is 4.79 Å². The summed E-state index contributed by atoms with van der Waals surface area (Å²) in [7, 11) is 0. The first-order chi connectivity index (χ1) is 8.97. The van der Waals surface area contributed by atoms with Gasteiger partial charge in [-0.15, -0.1) is 0 Å². The number of benzene rings is 1. The molecule has 5 nitrogen and oxygen atoms in total. The molecule has 0 unspecified atom stereocenters. The van der Waals surface area contributed by atoms with Gasteiger partial charge in [-0.1, -0.05) is 0 Å². The minimum atomic E-state index is -0.199. The quantitative estimate of drug-likeness (QED) is 0.859. The molecule has 1 aliphatic rings. The van der Waals surface area contributed by atoms with Gasteiger partial charge in [0.05, 0.1) is 29.6 Å². The van der Waals surface area contributed by atoms with Gasteiger partial charge in [-0.3, -0.25) is 4.79 Å². The maximum absolute atomic E-state index is 11.8. The molecule has 19 heavy (non-hydrogen) atoms. The molecule has 3 N–H and O–H groups in total. The Kier molecular flexibility index (Phi) is 3.45. The van der Waals surface area contributed by atoms with E-state index in [1.165, 1.54) is 0 Å². The number of anilines is 2. The van der Waals surface area contributed by atoms with Crippen LogP contribution >= 0.6 is 0 Å². The number of rotatable bonds is 3. The lowest BCUT2D eigenvalue weighted by Crippen LogP contribution is -2.51. The van der Waals surface area contributed by atoms with E-state index in [0.29, 0.717) is 24.3 Å². The number of carbonyl (C=O) groups is 1. The molecule has 100 valence electrons. The van der Waals surface area contributed by atoms with Crippen molar-refractivity contribution in [3.63, 3.8) is 0 Å². The first-order valence-electron chi connectivity index (χ1n) is 6.29. The molecule has 5 heteroatoms. The lowest BCUT2D eigenvalue weighted by Gasteiger charge is -2.43. The van der Waals surface area contributed by atoms with Crippen molar-refractivity contribution in [1.82, 2.24) is 0 Å². The SMILES string of the molecule is CC(C)(CCN)N1CC(=O)Nc2cc(C#N)ccc21. The van der Waals surface area contributed by atoms with Crippen molar-refractivity contribution in [3.8, 4) is 6.07 Å². The first kappa shape index (κ1) is 13.4. The van der Waals surface area contributed by atoms with Crippen molar-refractivity contribution in [2.45, 2.75) is 25.8 Å². The van der Waals surface area contributed by atoms with Gasteiger partial charge in [0.1, 0.15) is 0 Å². The molecule has 1 amide bonds. The number of hydrogen-bond donors (Lipinski definition) is 2. The molecule has 0 spiro atoms. The van der Waals surface area contributed by atoms with Crippen LogP contribution in [0.25, 0.3) is 0 Å². The molecular weight excluding hydrogens is 240 g/mol. The van der Waals surface area contributed by atoms with Crippen LogP contribution < -0.4 is 16.0 Å². The standard InChI is InChI=1S/C14H18N4O/c1-14(2,5-6-15)18-9-13(19)17-11-7-10(8-16)3-4-12(11)18/h3-4,7H,5-6,9,15H2,1-2H3,(H,17,19). The fourth-order valence-electron chi connectivity index (χ4n) is 2.39. The van der Waals surface area contributed by atoms with Crippen LogP contribution in [0.4, 0.5) is 11.4 Å². The van der Waals surface area contributed by atoms with Crippen molar-refractivity contribution < 1.29 is 4.79 Å². The van der Waals surface area contributed by atoms with Crippen molar-refractivity contribution in [2.75, 3.05) is 23.3 Å². The van der Waals surface area contributed by atoms with Crippen LogP contribution in [-0.2, 0) is 4.79 Å². The molecule has 0 fully saturated rings. The molecule has 1 aromatic rings. The zero-order valence-corrected chi connectivity index (χ0v) is 11.2. The molecule has 0 radical (unpaired) electrons. The Labute approximate surface area is 113 Å². The number of nitriles is 1. The maximum Gasteiger partial charge on any atom is 0.243 e. The minimum Gasteiger partial charge on any atom is -0.355 e. The Bertz CT molecular complexity index is 545. The lowest BCUT2D eigenvalue weighted by molar-refractivity contribution is -0.115. The summed E-state index contributed by atoms with van der Waals surface area (Å²) in [4.78, 5) is 13.9. The van der Waals surface area contributed by atoms with E-state index in [-0.39, 0.29) is 11.4 Å². The van der Waals surface area contributed by atoms with Crippen LogP contribution in [0.5, 0.6) is 0 Å². The van der Waals surface area contributed by atoms with Crippen LogP contribution in [-0.4, -0.2) is 24.5 Å². The highest BCUT2D eigenvalue weighted by molar-refractivity contribution is 6.01. The summed E-state index contributed by atoms with van der Waals surface area (Å²) < 4.78 is 0. The second kappa shape index (κ2) is 4.90. The third-order valence-electron chi connectivity index (χ3n) is 3.48. The molecule has 0 saturated carbocycles. The summed E-state index contributed by atoms with van der Waals surface area (Å²) in [5, 5.41) is 11.7. The summed E-state index contributed by atoms with van der Waals surface area (Å²) in [5.41, 5.74) is 7.63. The Morgan fingerprint density at radius 2 is 2.26 bits per heavy atom. The monoisotopic (exact) mass is 258 g/mol. The van der Waals surface area contributed by atoms with Gasteiger partial charge in [0.15, 0.2) is 0 Å². The van der Waals surface area contributed by atoms with Crippen LogP contribution in [0.15, 0.2) is 18.2 Å². The zero-order chi connectivity index (χ0) is 14.0. The normalized spacial score (nSPS) is 14.6. The van der Waals surface area contributed by atoms with Crippen LogP contribution in [0, 0.1) is 11.3 Å². The maximum atomic E-state index is 11.8. The fraction of sp³-hybridized carbons (Fsp3) is 0.429. The number of carbonyl (C=O) groups excluding carboxylic acids is 1. The highest BCUT2D eigenvalue weighted by Crippen LogP contribution is 2.35. The van der Waals surface area contributed by atoms with E-state index >= 15 is 0 Å². The van der Waals surface area contributed by atoms with Crippen LogP contribution in [0.2, 0.25) is 0 Å². The predicted octanol–water partition coefficient (Wildman–Crippen LogP) is 1.44. The Hall–Kier alpha value is -2.06. The third kappa shape index (κ3) is 2.54.